The lowest BCUT2D eigenvalue weighted by Gasteiger charge is -2.10. The van der Waals surface area contributed by atoms with E-state index in [1.807, 2.05) is 0 Å². The van der Waals surface area contributed by atoms with Crippen molar-refractivity contribution in [3.63, 3.8) is 0 Å². The number of benzene rings is 1. The Hall–Kier alpha value is -2.01. The van der Waals surface area contributed by atoms with E-state index in [1.165, 1.54) is 19.6 Å². The highest BCUT2D eigenvalue weighted by molar-refractivity contribution is 6.32. The molecule has 0 spiro atoms. The number of phenols is 1. The predicted molar refractivity (Wildman–Crippen MR) is 69.0 cm³/mol. The van der Waals surface area contributed by atoms with Gasteiger partial charge in [-0.2, -0.15) is 0 Å². The maximum absolute atomic E-state index is 9.91. The van der Waals surface area contributed by atoms with Crippen molar-refractivity contribution in [2.24, 2.45) is 0 Å². The number of para-hydroxylation sites is 1. The zero-order valence-corrected chi connectivity index (χ0v) is 10.5. The standard InChI is InChI=1S/C12H12ClN3O2/c1-18-10-4-2-3-8(11(10)17)5-15-12-9(13)6-14-7-16-12/h2-4,6-7,17H,5H2,1H3,(H,14,15,16). The molecule has 0 saturated heterocycles. The minimum absolute atomic E-state index is 0.109. The van der Waals surface area contributed by atoms with Crippen molar-refractivity contribution >= 4 is 17.4 Å². The number of nitrogens with zero attached hydrogens (tertiary/aromatic N) is 2. The Bertz CT molecular complexity index is 549. The minimum Gasteiger partial charge on any atom is -0.504 e. The van der Waals surface area contributed by atoms with Crippen molar-refractivity contribution in [1.82, 2.24) is 9.97 Å². The number of nitrogens with one attached hydrogen (secondary N) is 1. The van der Waals surface area contributed by atoms with Gasteiger partial charge in [-0.3, -0.25) is 0 Å². The molecule has 2 rings (SSSR count). The molecule has 0 aliphatic carbocycles. The fourth-order valence-corrected chi connectivity index (χ4v) is 1.67. The SMILES string of the molecule is COc1cccc(CNc2ncncc2Cl)c1O. The van der Waals surface area contributed by atoms with E-state index >= 15 is 0 Å². The fraction of sp³-hybridized carbons (Fsp3) is 0.167. The summed E-state index contributed by atoms with van der Waals surface area (Å²) in [6.07, 6.45) is 2.90. The van der Waals surface area contributed by atoms with Gasteiger partial charge in [0, 0.05) is 12.1 Å². The van der Waals surface area contributed by atoms with Crippen LogP contribution in [-0.4, -0.2) is 22.2 Å². The number of halogens is 1. The number of ether oxygens (including phenoxy) is 1. The third-order valence-corrected chi connectivity index (χ3v) is 2.69. The molecule has 0 bridgehead atoms. The zero-order valence-electron chi connectivity index (χ0n) is 9.72. The highest BCUT2D eigenvalue weighted by atomic mass is 35.5. The molecule has 2 N–H and O–H groups in total. The second-order valence-electron chi connectivity index (χ2n) is 3.54. The van der Waals surface area contributed by atoms with Gasteiger partial charge in [-0.25, -0.2) is 9.97 Å². The smallest absolute Gasteiger partial charge is 0.162 e. The minimum atomic E-state index is 0.109. The second kappa shape index (κ2) is 5.55. The Kier molecular flexibility index (Phi) is 3.84. The summed E-state index contributed by atoms with van der Waals surface area (Å²) in [5, 5.41) is 13.4. The van der Waals surface area contributed by atoms with Crippen LogP contribution in [0.15, 0.2) is 30.7 Å². The molecular weight excluding hydrogens is 254 g/mol. The van der Waals surface area contributed by atoms with Crippen LogP contribution in [0, 0.1) is 0 Å². The Morgan fingerprint density at radius 1 is 1.44 bits per heavy atom. The molecule has 0 atom stereocenters. The molecule has 0 radical (unpaired) electrons. The molecule has 1 heterocycles. The third-order valence-electron chi connectivity index (χ3n) is 2.42. The van der Waals surface area contributed by atoms with Gasteiger partial charge in [0.15, 0.2) is 11.5 Å². The molecular formula is C12H12ClN3O2. The highest BCUT2D eigenvalue weighted by Gasteiger charge is 2.08. The average Bonchev–Trinajstić information content (AvgIpc) is 2.39. The van der Waals surface area contributed by atoms with E-state index in [9.17, 15) is 5.11 Å². The lowest BCUT2D eigenvalue weighted by molar-refractivity contribution is 0.371. The van der Waals surface area contributed by atoms with E-state index in [4.69, 9.17) is 16.3 Å². The molecule has 0 unspecified atom stereocenters. The van der Waals surface area contributed by atoms with E-state index in [2.05, 4.69) is 15.3 Å². The van der Waals surface area contributed by atoms with E-state index in [0.717, 1.165) is 0 Å². The molecule has 5 nitrogen and oxygen atoms in total. The number of aromatic hydroxyl groups is 1. The average molecular weight is 266 g/mol. The summed E-state index contributed by atoms with van der Waals surface area (Å²) in [5.74, 6) is 1.06. The van der Waals surface area contributed by atoms with Crippen LogP contribution in [0.5, 0.6) is 11.5 Å². The highest BCUT2D eigenvalue weighted by Crippen LogP contribution is 2.30. The molecule has 2 aromatic rings. The maximum Gasteiger partial charge on any atom is 0.162 e. The normalized spacial score (nSPS) is 10.1. The van der Waals surface area contributed by atoms with Gasteiger partial charge in [0.25, 0.3) is 0 Å². The Labute approximate surface area is 109 Å². The van der Waals surface area contributed by atoms with Crippen molar-refractivity contribution in [2.45, 2.75) is 6.54 Å². The molecule has 0 aliphatic heterocycles. The molecule has 1 aromatic heterocycles. The number of hydrogen-bond acceptors (Lipinski definition) is 5. The van der Waals surface area contributed by atoms with Crippen LogP contribution < -0.4 is 10.1 Å². The molecule has 0 fully saturated rings. The van der Waals surface area contributed by atoms with Crippen LogP contribution in [0.25, 0.3) is 0 Å². The van der Waals surface area contributed by atoms with Gasteiger partial charge in [-0.15, -0.1) is 0 Å². The molecule has 6 heteroatoms. The van der Waals surface area contributed by atoms with Gasteiger partial charge in [0.1, 0.15) is 17.2 Å². The fourth-order valence-electron chi connectivity index (χ4n) is 1.50. The predicted octanol–water partition coefficient (Wildman–Crippen LogP) is 2.46. The number of hydrogen-bond donors (Lipinski definition) is 2. The van der Waals surface area contributed by atoms with E-state index in [0.29, 0.717) is 28.7 Å². The van der Waals surface area contributed by atoms with E-state index in [-0.39, 0.29) is 5.75 Å². The summed E-state index contributed by atoms with van der Waals surface area (Å²) in [6, 6.07) is 5.29. The first kappa shape index (κ1) is 12.4. The van der Waals surface area contributed by atoms with Crippen LogP contribution in [0.4, 0.5) is 5.82 Å². The van der Waals surface area contributed by atoms with Crippen molar-refractivity contribution in [3.8, 4) is 11.5 Å². The Morgan fingerprint density at radius 2 is 2.28 bits per heavy atom. The molecule has 0 saturated carbocycles. The third kappa shape index (κ3) is 2.62. The van der Waals surface area contributed by atoms with Crippen molar-refractivity contribution < 1.29 is 9.84 Å². The number of rotatable bonds is 4. The molecule has 0 aliphatic rings. The van der Waals surface area contributed by atoms with Crippen LogP contribution >= 0.6 is 11.6 Å². The first-order chi connectivity index (χ1) is 8.72. The first-order valence-electron chi connectivity index (χ1n) is 5.26. The summed E-state index contributed by atoms with van der Waals surface area (Å²) >= 11 is 5.91. The van der Waals surface area contributed by atoms with E-state index < -0.39 is 0 Å². The van der Waals surface area contributed by atoms with Crippen molar-refractivity contribution in [2.75, 3.05) is 12.4 Å². The van der Waals surface area contributed by atoms with Gasteiger partial charge in [-0.1, -0.05) is 23.7 Å². The number of methoxy groups -OCH3 is 1. The van der Waals surface area contributed by atoms with Gasteiger partial charge >= 0.3 is 0 Å². The maximum atomic E-state index is 9.91. The first-order valence-corrected chi connectivity index (χ1v) is 5.64. The molecule has 94 valence electrons. The summed E-state index contributed by atoms with van der Waals surface area (Å²) in [6.45, 7) is 0.389. The number of anilines is 1. The summed E-state index contributed by atoms with van der Waals surface area (Å²) in [4.78, 5) is 7.79. The topological polar surface area (TPSA) is 67.3 Å². The quantitative estimate of drug-likeness (QED) is 0.889. The number of phenolic OH excluding ortho intramolecular Hbond substituents is 1. The lowest BCUT2D eigenvalue weighted by atomic mass is 10.2. The summed E-state index contributed by atoms with van der Waals surface area (Å²) in [7, 11) is 1.51. The lowest BCUT2D eigenvalue weighted by Crippen LogP contribution is -2.03. The van der Waals surface area contributed by atoms with Gasteiger partial charge in [-0.05, 0) is 6.07 Å². The summed E-state index contributed by atoms with van der Waals surface area (Å²) in [5.41, 5.74) is 0.698. The molecule has 1 aromatic carbocycles. The molecule has 18 heavy (non-hydrogen) atoms. The van der Waals surface area contributed by atoms with Crippen LogP contribution in [-0.2, 0) is 6.54 Å². The number of aromatic nitrogens is 2. The van der Waals surface area contributed by atoms with Gasteiger partial charge < -0.3 is 15.2 Å². The largest absolute Gasteiger partial charge is 0.504 e. The monoisotopic (exact) mass is 265 g/mol. The van der Waals surface area contributed by atoms with Crippen molar-refractivity contribution in [1.29, 1.82) is 0 Å². The van der Waals surface area contributed by atoms with Gasteiger partial charge in [0.2, 0.25) is 0 Å². The zero-order chi connectivity index (χ0) is 13.0. The van der Waals surface area contributed by atoms with Crippen molar-refractivity contribution in [3.05, 3.63) is 41.3 Å². The van der Waals surface area contributed by atoms with Crippen LogP contribution in [0.2, 0.25) is 5.02 Å². The second-order valence-corrected chi connectivity index (χ2v) is 3.95. The summed E-state index contributed by atoms with van der Waals surface area (Å²) < 4.78 is 5.03. The molecule has 0 amide bonds. The Balaban J connectivity index is 2.14. The van der Waals surface area contributed by atoms with Crippen LogP contribution in [0.1, 0.15) is 5.56 Å². The van der Waals surface area contributed by atoms with E-state index in [1.54, 1.807) is 18.2 Å². The van der Waals surface area contributed by atoms with Gasteiger partial charge in [0.05, 0.1) is 13.3 Å². The Morgan fingerprint density at radius 3 is 3.00 bits per heavy atom. The van der Waals surface area contributed by atoms with Crippen LogP contribution in [0.3, 0.4) is 0 Å².